The zero-order valence-corrected chi connectivity index (χ0v) is 20.6. The summed E-state index contributed by atoms with van der Waals surface area (Å²) in [6.45, 7) is 3.71. The molecule has 0 bridgehead atoms. The third-order valence-electron chi connectivity index (χ3n) is 6.41. The van der Waals surface area contributed by atoms with Gasteiger partial charge in [-0.25, -0.2) is 8.42 Å². The van der Waals surface area contributed by atoms with Gasteiger partial charge >= 0.3 is 0 Å². The number of ether oxygens (including phenoxy) is 2. The van der Waals surface area contributed by atoms with E-state index in [-0.39, 0.29) is 12.5 Å². The maximum Gasteiger partial charge on any atom is 0.243 e. The Balaban J connectivity index is 1.44. The number of piperidine rings is 1. The zero-order valence-electron chi connectivity index (χ0n) is 19.8. The summed E-state index contributed by atoms with van der Waals surface area (Å²) in [5.74, 6) is 1.72. The second kappa shape index (κ2) is 10.1. The summed E-state index contributed by atoms with van der Waals surface area (Å²) in [7, 11) is -0.355. The van der Waals surface area contributed by atoms with Gasteiger partial charge in [0.05, 0.1) is 19.1 Å². The molecule has 3 aromatic rings. The fourth-order valence-corrected chi connectivity index (χ4v) is 5.76. The second-order valence-corrected chi connectivity index (χ2v) is 10.6. The van der Waals surface area contributed by atoms with E-state index < -0.39 is 10.0 Å². The lowest BCUT2D eigenvalue weighted by Crippen LogP contribution is -2.37. The van der Waals surface area contributed by atoms with E-state index in [1.54, 1.807) is 49.0 Å². The van der Waals surface area contributed by atoms with Gasteiger partial charge in [-0.05, 0) is 55.2 Å². The highest BCUT2D eigenvalue weighted by molar-refractivity contribution is 7.89. The summed E-state index contributed by atoms with van der Waals surface area (Å²) < 4.78 is 40.1. The summed E-state index contributed by atoms with van der Waals surface area (Å²) in [6, 6.07) is 12.4. The Kier molecular flexibility index (Phi) is 7.13. The van der Waals surface area contributed by atoms with Gasteiger partial charge in [-0.15, -0.1) is 0 Å². The standard InChI is InChI=1S/C25H31N3O5S/c1-18-8-12-28(13-9-18)34(30,31)22-6-7-23-19(14-22)10-11-27(23)17-25(29)26-16-20-4-5-21(32-2)15-24(20)33-3/h4-7,10-11,14-15,18H,8-9,12-13,16-17H2,1-3H3,(H,26,29). The first-order valence-corrected chi connectivity index (χ1v) is 12.8. The molecule has 0 radical (unpaired) electrons. The molecular weight excluding hydrogens is 454 g/mol. The molecule has 2 heterocycles. The number of nitrogens with one attached hydrogen (secondary N) is 1. The van der Waals surface area contributed by atoms with Crippen molar-refractivity contribution in [1.82, 2.24) is 14.2 Å². The number of hydrogen-bond acceptors (Lipinski definition) is 5. The third-order valence-corrected chi connectivity index (χ3v) is 8.30. The van der Waals surface area contributed by atoms with Crippen LogP contribution in [0.25, 0.3) is 10.9 Å². The Bertz CT molecular complexity index is 1280. The van der Waals surface area contributed by atoms with Gasteiger partial charge in [-0.1, -0.05) is 6.92 Å². The quantitative estimate of drug-likeness (QED) is 0.528. The van der Waals surface area contributed by atoms with Gasteiger partial charge in [0.2, 0.25) is 15.9 Å². The van der Waals surface area contributed by atoms with Crippen molar-refractivity contribution in [3.8, 4) is 11.5 Å². The number of methoxy groups -OCH3 is 2. The number of benzene rings is 2. The molecule has 34 heavy (non-hydrogen) atoms. The van der Waals surface area contributed by atoms with E-state index in [9.17, 15) is 13.2 Å². The van der Waals surface area contributed by atoms with Crippen LogP contribution in [0.1, 0.15) is 25.3 Å². The van der Waals surface area contributed by atoms with Gasteiger partial charge in [-0.2, -0.15) is 4.31 Å². The molecule has 1 amide bonds. The van der Waals surface area contributed by atoms with Crippen molar-refractivity contribution in [1.29, 1.82) is 0 Å². The molecule has 0 atom stereocenters. The highest BCUT2D eigenvalue weighted by Crippen LogP contribution is 2.27. The molecule has 0 aliphatic carbocycles. The molecule has 1 aliphatic rings. The average Bonchev–Trinajstić information content (AvgIpc) is 3.24. The van der Waals surface area contributed by atoms with E-state index in [2.05, 4.69) is 12.2 Å². The van der Waals surface area contributed by atoms with Crippen molar-refractivity contribution in [2.24, 2.45) is 5.92 Å². The van der Waals surface area contributed by atoms with Crippen LogP contribution in [0.2, 0.25) is 0 Å². The maximum absolute atomic E-state index is 13.1. The van der Waals surface area contributed by atoms with Crippen molar-refractivity contribution in [2.45, 2.75) is 37.8 Å². The molecule has 8 nitrogen and oxygen atoms in total. The number of carbonyl (C=O) groups excluding carboxylic acids is 1. The van der Waals surface area contributed by atoms with Crippen LogP contribution in [0.3, 0.4) is 0 Å². The van der Waals surface area contributed by atoms with Gasteiger partial charge in [0.25, 0.3) is 0 Å². The van der Waals surface area contributed by atoms with Crippen LogP contribution < -0.4 is 14.8 Å². The maximum atomic E-state index is 13.1. The lowest BCUT2D eigenvalue weighted by molar-refractivity contribution is -0.121. The smallest absolute Gasteiger partial charge is 0.243 e. The highest BCUT2D eigenvalue weighted by atomic mass is 32.2. The minimum Gasteiger partial charge on any atom is -0.497 e. The Morgan fingerprint density at radius 3 is 2.53 bits per heavy atom. The second-order valence-electron chi connectivity index (χ2n) is 8.71. The predicted molar refractivity (Wildman–Crippen MR) is 130 cm³/mol. The van der Waals surface area contributed by atoms with Crippen molar-refractivity contribution in [3.63, 3.8) is 0 Å². The summed E-state index contributed by atoms with van der Waals surface area (Å²) in [5, 5.41) is 3.70. The van der Waals surface area contributed by atoms with Crippen LogP contribution >= 0.6 is 0 Å². The molecule has 4 rings (SSSR count). The SMILES string of the molecule is COc1ccc(CNC(=O)Cn2ccc3cc(S(=O)(=O)N4CCC(C)CC4)ccc32)c(OC)c1. The van der Waals surface area contributed by atoms with E-state index in [0.29, 0.717) is 41.9 Å². The Morgan fingerprint density at radius 2 is 1.82 bits per heavy atom. The number of sulfonamides is 1. The number of nitrogens with zero attached hydrogens (tertiary/aromatic N) is 2. The van der Waals surface area contributed by atoms with E-state index >= 15 is 0 Å². The monoisotopic (exact) mass is 485 g/mol. The number of amides is 1. The van der Waals surface area contributed by atoms with Crippen LogP contribution in [0.4, 0.5) is 0 Å². The lowest BCUT2D eigenvalue weighted by atomic mass is 10.0. The van der Waals surface area contributed by atoms with Crippen molar-refractivity contribution in [3.05, 3.63) is 54.2 Å². The van der Waals surface area contributed by atoms with E-state index in [1.807, 2.05) is 22.8 Å². The van der Waals surface area contributed by atoms with E-state index in [0.717, 1.165) is 29.3 Å². The van der Waals surface area contributed by atoms with Crippen molar-refractivity contribution < 1.29 is 22.7 Å². The fourth-order valence-electron chi connectivity index (χ4n) is 4.25. The van der Waals surface area contributed by atoms with Crippen LogP contribution in [-0.4, -0.2) is 50.5 Å². The van der Waals surface area contributed by atoms with E-state index in [1.165, 1.54) is 0 Å². The molecule has 1 N–H and O–H groups in total. The van der Waals surface area contributed by atoms with Crippen LogP contribution in [-0.2, 0) is 27.9 Å². The third kappa shape index (κ3) is 5.05. The summed E-state index contributed by atoms with van der Waals surface area (Å²) in [4.78, 5) is 12.9. The van der Waals surface area contributed by atoms with Crippen LogP contribution in [0.5, 0.6) is 11.5 Å². The molecule has 182 valence electrons. The molecule has 1 aliphatic heterocycles. The minimum absolute atomic E-state index is 0.123. The van der Waals surface area contributed by atoms with Gasteiger partial charge < -0.3 is 19.4 Å². The molecule has 0 saturated carbocycles. The number of fused-ring (bicyclic) bond motifs is 1. The zero-order chi connectivity index (χ0) is 24.3. The largest absolute Gasteiger partial charge is 0.497 e. The molecular formula is C25H31N3O5S. The van der Waals surface area contributed by atoms with Crippen LogP contribution in [0.15, 0.2) is 53.6 Å². The van der Waals surface area contributed by atoms with Crippen LogP contribution in [0, 0.1) is 5.92 Å². The lowest BCUT2D eigenvalue weighted by Gasteiger charge is -2.29. The first-order chi connectivity index (χ1) is 16.3. The summed E-state index contributed by atoms with van der Waals surface area (Å²) in [5.41, 5.74) is 1.65. The number of carbonyl (C=O) groups is 1. The molecule has 0 unspecified atom stereocenters. The summed E-state index contributed by atoms with van der Waals surface area (Å²) >= 11 is 0. The first-order valence-electron chi connectivity index (χ1n) is 11.4. The minimum atomic E-state index is -3.52. The summed E-state index contributed by atoms with van der Waals surface area (Å²) in [6.07, 6.45) is 3.57. The molecule has 1 saturated heterocycles. The fraction of sp³-hybridized carbons (Fsp3) is 0.400. The van der Waals surface area contributed by atoms with Gasteiger partial charge in [-0.3, -0.25) is 4.79 Å². The van der Waals surface area contributed by atoms with Gasteiger partial charge in [0.1, 0.15) is 18.0 Å². The molecule has 9 heteroatoms. The highest BCUT2D eigenvalue weighted by Gasteiger charge is 2.28. The molecule has 1 fully saturated rings. The topological polar surface area (TPSA) is 89.9 Å². The number of hydrogen-bond donors (Lipinski definition) is 1. The number of rotatable bonds is 8. The number of aromatic nitrogens is 1. The Morgan fingerprint density at radius 1 is 1.06 bits per heavy atom. The molecule has 0 spiro atoms. The van der Waals surface area contributed by atoms with Crippen molar-refractivity contribution in [2.75, 3.05) is 27.3 Å². The Labute approximate surface area is 200 Å². The van der Waals surface area contributed by atoms with Crippen molar-refractivity contribution >= 4 is 26.8 Å². The molecule has 1 aromatic heterocycles. The van der Waals surface area contributed by atoms with E-state index in [4.69, 9.17) is 9.47 Å². The van der Waals surface area contributed by atoms with Gasteiger partial charge in [0, 0.05) is 48.4 Å². The Hall–Kier alpha value is -3.04. The van der Waals surface area contributed by atoms with Gasteiger partial charge in [0.15, 0.2) is 0 Å². The average molecular weight is 486 g/mol. The predicted octanol–water partition coefficient (Wildman–Crippen LogP) is 3.40. The molecule has 2 aromatic carbocycles. The normalized spacial score (nSPS) is 15.4. The first kappa shape index (κ1) is 24.1.